The summed E-state index contributed by atoms with van der Waals surface area (Å²) in [7, 11) is 0. The fraction of sp³-hybridized carbons (Fsp3) is 0.350. The maximum absolute atomic E-state index is 14.6. The fourth-order valence-electron chi connectivity index (χ4n) is 3.84. The molecule has 2 unspecified atom stereocenters. The average Bonchev–Trinajstić information content (AvgIpc) is 3.12. The van der Waals surface area contributed by atoms with Crippen molar-refractivity contribution in [2.45, 2.75) is 18.9 Å². The Bertz CT molecular complexity index is 873. The van der Waals surface area contributed by atoms with Crippen molar-refractivity contribution in [2.75, 3.05) is 19.9 Å². The molecule has 5 nitrogen and oxygen atoms in total. The fourth-order valence-corrected chi connectivity index (χ4v) is 3.84. The monoisotopic (exact) mass is 375 g/mol. The molecule has 142 valence electrons. The van der Waals surface area contributed by atoms with Crippen molar-refractivity contribution >= 4 is 5.97 Å². The summed E-state index contributed by atoms with van der Waals surface area (Å²) in [6.45, 7) is 1.05. The van der Waals surface area contributed by atoms with Crippen molar-refractivity contribution in [3.63, 3.8) is 0 Å². The Morgan fingerprint density at radius 2 is 1.96 bits per heavy atom. The number of nitrogens with zero attached hydrogens (tertiary/aromatic N) is 1. The number of rotatable bonds is 4. The van der Waals surface area contributed by atoms with Crippen molar-refractivity contribution in [2.24, 2.45) is 5.92 Å². The van der Waals surface area contributed by atoms with E-state index in [-0.39, 0.29) is 6.79 Å². The van der Waals surface area contributed by atoms with E-state index in [0.29, 0.717) is 43.0 Å². The zero-order chi connectivity index (χ0) is 19.0. The van der Waals surface area contributed by atoms with Crippen molar-refractivity contribution in [1.29, 1.82) is 0 Å². The van der Waals surface area contributed by atoms with E-state index in [1.807, 2.05) is 11.0 Å². The normalized spacial score (nSPS) is 20.4. The van der Waals surface area contributed by atoms with Gasteiger partial charge in [-0.15, -0.1) is 0 Å². The molecule has 4 rings (SSSR count). The molecular weight excluding hydrogens is 356 g/mol. The van der Waals surface area contributed by atoms with E-state index in [0.717, 1.165) is 11.6 Å². The van der Waals surface area contributed by atoms with Crippen LogP contribution in [-0.2, 0) is 4.79 Å². The Balaban J connectivity index is 1.76. The van der Waals surface area contributed by atoms with Gasteiger partial charge in [0.05, 0.1) is 12.0 Å². The number of carboxylic acid groups (broad SMARTS) is 1. The van der Waals surface area contributed by atoms with Crippen LogP contribution in [0.2, 0.25) is 0 Å². The van der Waals surface area contributed by atoms with E-state index < -0.39 is 29.6 Å². The second kappa shape index (κ2) is 7.15. The van der Waals surface area contributed by atoms with E-state index in [1.54, 1.807) is 12.1 Å². The van der Waals surface area contributed by atoms with Gasteiger partial charge in [0.2, 0.25) is 6.79 Å². The molecule has 2 aliphatic heterocycles. The standard InChI is InChI=1S/C20H19F2NO4/c21-14-4-5-15(16(22)9-14)19(23-7-1-2-13(10-23)20(24)25)12-3-6-17-18(8-12)27-11-26-17/h3-6,8-9,13,19H,1-2,7,10-11H2,(H,24,25). The third kappa shape index (κ3) is 3.47. The van der Waals surface area contributed by atoms with Gasteiger partial charge in [0.25, 0.3) is 0 Å². The summed E-state index contributed by atoms with van der Waals surface area (Å²) >= 11 is 0. The molecule has 2 aromatic rings. The second-order valence-electron chi connectivity index (χ2n) is 6.85. The molecule has 1 fully saturated rings. The van der Waals surface area contributed by atoms with Crippen LogP contribution in [-0.4, -0.2) is 35.9 Å². The minimum absolute atomic E-state index is 0.124. The molecule has 0 aliphatic carbocycles. The number of hydrogen-bond donors (Lipinski definition) is 1. The van der Waals surface area contributed by atoms with Gasteiger partial charge >= 0.3 is 5.97 Å². The van der Waals surface area contributed by atoms with Gasteiger partial charge < -0.3 is 14.6 Å². The predicted molar refractivity (Wildman–Crippen MR) is 92.7 cm³/mol. The van der Waals surface area contributed by atoms with Crippen molar-refractivity contribution in [3.05, 3.63) is 59.2 Å². The lowest BCUT2D eigenvalue weighted by molar-refractivity contribution is -0.143. The third-order valence-electron chi connectivity index (χ3n) is 5.14. The van der Waals surface area contributed by atoms with Crippen LogP contribution in [0.25, 0.3) is 0 Å². The molecule has 2 heterocycles. The van der Waals surface area contributed by atoms with Crippen molar-refractivity contribution in [1.82, 2.24) is 4.90 Å². The maximum Gasteiger partial charge on any atom is 0.307 e. The summed E-state index contributed by atoms with van der Waals surface area (Å²) in [5, 5.41) is 9.41. The highest BCUT2D eigenvalue weighted by Crippen LogP contribution is 2.39. The van der Waals surface area contributed by atoms with Crippen LogP contribution in [0.5, 0.6) is 11.5 Å². The van der Waals surface area contributed by atoms with Crippen LogP contribution in [0, 0.1) is 17.6 Å². The lowest BCUT2D eigenvalue weighted by Gasteiger charge is -2.37. The Morgan fingerprint density at radius 1 is 1.15 bits per heavy atom. The van der Waals surface area contributed by atoms with Gasteiger partial charge in [-0.3, -0.25) is 9.69 Å². The van der Waals surface area contributed by atoms with Gasteiger partial charge in [-0.2, -0.15) is 0 Å². The summed E-state index contributed by atoms with van der Waals surface area (Å²) in [5.74, 6) is -1.51. The zero-order valence-electron chi connectivity index (χ0n) is 14.5. The molecule has 2 atom stereocenters. The lowest BCUT2D eigenvalue weighted by atomic mass is 9.91. The first kappa shape index (κ1) is 17.7. The van der Waals surface area contributed by atoms with Gasteiger partial charge in [0.15, 0.2) is 11.5 Å². The van der Waals surface area contributed by atoms with E-state index in [2.05, 4.69) is 0 Å². The number of aliphatic carboxylic acids is 1. The number of hydrogen-bond acceptors (Lipinski definition) is 4. The van der Waals surface area contributed by atoms with Crippen LogP contribution >= 0.6 is 0 Å². The van der Waals surface area contributed by atoms with Crippen LogP contribution < -0.4 is 9.47 Å². The van der Waals surface area contributed by atoms with Crippen LogP contribution in [0.1, 0.15) is 30.0 Å². The first-order valence-electron chi connectivity index (χ1n) is 8.84. The molecule has 1 N–H and O–H groups in total. The first-order chi connectivity index (χ1) is 13.0. The molecular formula is C20H19F2NO4. The highest BCUT2D eigenvalue weighted by Gasteiger charge is 2.33. The smallest absolute Gasteiger partial charge is 0.307 e. The maximum atomic E-state index is 14.6. The summed E-state index contributed by atoms with van der Waals surface area (Å²) in [6, 6.07) is 8.30. The number of piperidine rings is 1. The number of fused-ring (bicyclic) bond motifs is 1. The largest absolute Gasteiger partial charge is 0.481 e. The van der Waals surface area contributed by atoms with Gasteiger partial charge in [0, 0.05) is 18.2 Å². The highest BCUT2D eigenvalue weighted by molar-refractivity contribution is 5.70. The van der Waals surface area contributed by atoms with E-state index in [1.165, 1.54) is 12.1 Å². The number of benzene rings is 2. The molecule has 2 aromatic carbocycles. The molecule has 0 amide bonds. The van der Waals surface area contributed by atoms with Crippen LogP contribution in [0.15, 0.2) is 36.4 Å². The number of carbonyl (C=O) groups is 1. The molecule has 0 bridgehead atoms. The molecule has 27 heavy (non-hydrogen) atoms. The quantitative estimate of drug-likeness (QED) is 0.885. The van der Waals surface area contributed by atoms with Crippen LogP contribution in [0.3, 0.4) is 0 Å². The molecule has 0 aromatic heterocycles. The van der Waals surface area contributed by atoms with Crippen LogP contribution in [0.4, 0.5) is 8.78 Å². The average molecular weight is 375 g/mol. The number of halogens is 2. The van der Waals surface area contributed by atoms with Gasteiger partial charge in [0.1, 0.15) is 11.6 Å². The minimum Gasteiger partial charge on any atom is -0.481 e. The summed E-state index contributed by atoms with van der Waals surface area (Å²) in [6.07, 6.45) is 1.28. The number of ether oxygens (including phenoxy) is 2. The van der Waals surface area contributed by atoms with Crippen molar-refractivity contribution in [3.8, 4) is 11.5 Å². The molecule has 2 aliphatic rings. The van der Waals surface area contributed by atoms with Crippen molar-refractivity contribution < 1.29 is 28.2 Å². The lowest BCUT2D eigenvalue weighted by Crippen LogP contribution is -2.41. The molecule has 7 heteroatoms. The number of likely N-dealkylation sites (tertiary alicyclic amines) is 1. The van der Waals surface area contributed by atoms with E-state index >= 15 is 0 Å². The summed E-state index contributed by atoms with van der Waals surface area (Å²) < 4.78 is 38.8. The Hall–Kier alpha value is -2.67. The Kier molecular flexibility index (Phi) is 4.70. The second-order valence-corrected chi connectivity index (χ2v) is 6.85. The van der Waals surface area contributed by atoms with Gasteiger partial charge in [-0.05, 0) is 43.1 Å². The minimum atomic E-state index is -0.858. The molecule has 0 spiro atoms. The van der Waals surface area contributed by atoms with Gasteiger partial charge in [-0.1, -0.05) is 12.1 Å². The molecule has 0 radical (unpaired) electrons. The molecule has 1 saturated heterocycles. The first-order valence-corrected chi connectivity index (χ1v) is 8.84. The van der Waals surface area contributed by atoms with E-state index in [4.69, 9.17) is 9.47 Å². The van der Waals surface area contributed by atoms with E-state index in [9.17, 15) is 18.7 Å². The third-order valence-corrected chi connectivity index (χ3v) is 5.14. The highest BCUT2D eigenvalue weighted by atomic mass is 19.1. The molecule has 0 saturated carbocycles. The van der Waals surface area contributed by atoms with Gasteiger partial charge in [-0.25, -0.2) is 8.78 Å². The summed E-state index contributed by atoms with van der Waals surface area (Å²) in [4.78, 5) is 13.4. The number of carboxylic acids is 1. The Morgan fingerprint density at radius 3 is 2.74 bits per heavy atom. The Labute approximate surface area is 155 Å². The topological polar surface area (TPSA) is 59.0 Å². The summed E-state index contributed by atoms with van der Waals surface area (Å²) in [5.41, 5.74) is 1.05. The predicted octanol–water partition coefficient (Wildman–Crippen LogP) is 3.58. The SMILES string of the molecule is O=C(O)C1CCCN(C(c2ccc3c(c2)OCO3)c2ccc(F)cc2F)C1. The zero-order valence-corrected chi connectivity index (χ0v) is 14.5.